The highest BCUT2D eigenvalue weighted by Gasteiger charge is 2.35. The molecule has 0 radical (unpaired) electrons. The molecule has 1 aromatic heterocycles. The van der Waals surface area contributed by atoms with Crippen LogP contribution >= 0.6 is 11.3 Å². The molecule has 1 fully saturated rings. The van der Waals surface area contributed by atoms with E-state index in [-0.39, 0.29) is 18.4 Å². The molecule has 2 heterocycles. The standard InChI is InChI=1S/C14H19NO4S/c1-10-5-6-14(20-10)19-9-11-8-12(16)15(11)7-3-2-4-13(17)18/h5-6,11H,2-4,7-9H2,1H3,(H,17,18)/t11-/m1/s1. The van der Waals surface area contributed by atoms with Crippen LogP contribution in [0.4, 0.5) is 0 Å². The average Bonchev–Trinajstić information content (AvgIpc) is 2.79. The lowest BCUT2D eigenvalue weighted by atomic mass is 10.0. The molecular weight excluding hydrogens is 278 g/mol. The Hall–Kier alpha value is -1.56. The van der Waals surface area contributed by atoms with Gasteiger partial charge < -0.3 is 14.7 Å². The van der Waals surface area contributed by atoms with Crippen molar-refractivity contribution >= 4 is 23.2 Å². The van der Waals surface area contributed by atoms with Crippen LogP contribution in [-0.4, -0.2) is 41.1 Å². The molecule has 110 valence electrons. The van der Waals surface area contributed by atoms with E-state index in [1.165, 1.54) is 4.88 Å². The van der Waals surface area contributed by atoms with Crippen LogP contribution in [0.5, 0.6) is 5.06 Å². The Balaban J connectivity index is 1.69. The predicted octanol–water partition coefficient (Wildman–Crippen LogP) is 2.29. The Kier molecular flexibility index (Phi) is 5.00. The Morgan fingerprint density at radius 1 is 1.50 bits per heavy atom. The molecule has 6 heteroatoms. The minimum absolute atomic E-state index is 0.134. The minimum atomic E-state index is -0.784. The molecule has 1 N–H and O–H groups in total. The highest BCUT2D eigenvalue weighted by Crippen LogP contribution is 2.26. The number of ether oxygens (including phenoxy) is 1. The van der Waals surface area contributed by atoms with Crippen LogP contribution < -0.4 is 4.74 Å². The highest BCUT2D eigenvalue weighted by atomic mass is 32.1. The molecular formula is C14H19NO4S. The molecule has 0 unspecified atom stereocenters. The molecule has 1 saturated heterocycles. The summed E-state index contributed by atoms with van der Waals surface area (Å²) in [6.07, 6.45) is 2.03. The van der Waals surface area contributed by atoms with Crippen LogP contribution in [0.2, 0.25) is 0 Å². The number of aliphatic carboxylic acids is 1. The number of likely N-dealkylation sites (tertiary alicyclic amines) is 1. The third kappa shape index (κ3) is 3.96. The Bertz CT molecular complexity index is 485. The first kappa shape index (κ1) is 14.8. The number of carboxylic acids is 1. The summed E-state index contributed by atoms with van der Waals surface area (Å²) < 4.78 is 5.68. The van der Waals surface area contributed by atoms with E-state index in [0.717, 1.165) is 11.5 Å². The fourth-order valence-electron chi connectivity index (χ4n) is 2.20. The maximum Gasteiger partial charge on any atom is 0.303 e. The summed E-state index contributed by atoms with van der Waals surface area (Å²) in [6.45, 7) is 3.17. The van der Waals surface area contributed by atoms with Gasteiger partial charge in [-0.3, -0.25) is 9.59 Å². The van der Waals surface area contributed by atoms with Gasteiger partial charge in [0, 0.05) is 17.8 Å². The Morgan fingerprint density at radius 3 is 2.90 bits per heavy atom. The quantitative estimate of drug-likeness (QED) is 0.590. The van der Waals surface area contributed by atoms with E-state index in [1.807, 2.05) is 19.1 Å². The van der Waals surface area contributed by atoms with Crippen LogP contribution in [0.3, 0.4) is 0 Å². The van der Waals surface area contributed by atoms with Crippen molar-refractivity contribution in [2.75, 3.05) is 13.2 Å². The van der Waals surface area contributed by atoms with Crippen LogP contribution in [0.1, 0.15) is 30.6 Å². The van der Waals surface area contributed by atoms with Gasteiger partial charge in [-0.1, -0.05) is 0 Å². The molecule has 1 aliphatic heterocycles. The van der Waals surface area contributed by atoms with Crippen LogP contribution in [0, 0.1) is 6.92 Å². The molecule has 0 bridgehead atoms. The number of nitrogens with zero attached hydrogens (tertiary/aromatic N) is 1. The highest BCUT2D eigenvalue weighted by molar-refractivity contribution is 7.13. The number of amides is 1. The molecule has 5 nitrogen and oxygen atoms in total. The zero-order valence-electron chi connectivity index (χ0n) is 11.5. The monoisotopic (exact) mass is 297 g/mol. The van der Waals surface area contributed by atoms with Crippen molar-refractivity contribution in [3.05, 3.63) is 17.0 Å². The van der Waals surface area contributed by atoms with Crippen LogP contribution in [0.25, 0.3) is 0 Å². The van der Waals surface area contributed by atoms with Crippen LogP contribution in [-0.2, 0) is 9.59 Å². The second-order valence-electron chi connectivity index (χ2n) is 4.97. The number of carbonyl (C=O) groups excluding carboxylic acids is 1. The maximum absolute atomic E-state index is 11.5. The number of hydrogen-bond donors (Lipinski definition) is 1. The lowest BCUT2D eigenvalue weighted by Crippen LogP contribution is -2.55. The Labute approximate surface area is 122 Å². The smallest absolute Gasteiger partial charge is 0.303 e. The summed E-state index contributed by atoms with van der Waals surface area (Å²) in [6, 6.07) is 4.09. The molecule has 0 aromatic carbocycles. The first-order chi connectivity index (χ1) is 9.56. The zero-order valence-corrected chi connectivity index (χ0v) is 12.3. The van der Waals surface area contributed by atoms with Crippen molar-refractivity contribution in [3.8, 4) is 5.06 Å². The number of carboxylic acid groups (broad SMARTS) is 1. The number of unbranched alkanes of at least 4 members (excludes halogenated alkanes) is 1. The summed E-state index contributed by atoms with van der Waals surface area (Å²) in [7, 11) is 0. The van der Waals surface area contributed by atoms with Gasteiger partial charge in [-0.15, -0.1) is 11.3 Å². The number of β-lactam (4-membered cyclic amide) rings is 1. The van der Waals surface area contributed by atoms with Crippen molar-refractivity contribution in [2.24, 2.45) is 0 Å². The van der Waals surface area contributed by atoms with E-state index >= 15 is 0 Å². The third-order valence-corrected chi connectivity index (χ3v) is 4.26. The molecule has 2 rings (SSSR count). The van der Waals surface area contributed by atoms with E-state index in [0.29, 0.717) is 26.0 Å². The normalized spacial score (nSPS) is 17.9. The number of aryl methyl sites for hydroxylation is 1. The number of hydrogen-bond acceptors (Lipinski definition) is 4. The minimum Gasteiger partial charge on any atom is -0.482 e. The molecule has 1 amide bonds. The van der Waals surface area contributed by atoms with E-state index in [4.69, 9.17) is 9.84 Å². The van der Waals surface area contributed by atoms with Gasteiger partial charge in [0.1, 0.15) is 6.61 Å². The largest absolute Gasteiger partial charge is 0.482 e. The molecule has 1 aliphatic rings. The lowest BCUT2D eigenvalue weighted by Gasteiger charge is -2.40. The van der Waals surface area contributed by atoms with E-state index in [9.17, 15) is 9.59 Å². The summed E-state index contributed by atoms with van der Waals surface area (Å²) >= 11 is 1.60. The lowest BCUT2D eigenvalue weighted by molar-refractivity contribution is -0.147. The van der Waals surface area contributed by atoms with Crippen molar-refractivity contribution in [1.29, 1.82) is 0 Å². The van der Waals surface area contributed by atoms with Gasteiger partial charge in [0.2, 0.25) is 5.91 Å². The van der Waals surface area contributed by atoms with Gasteiger partial charge in [0.25, 0.3) is 0 Å². The molecule has 0 aliphatic carbocycles. The number of carbonyl (C=O) groups is 2. The topological polar surface area (TPSA) is 66.8 Å². The first-order valence-corrected chi connectivity index (χ1v) is 7.58. The number of rotatable bonds is 8. The molecule has 0 saturated carbocycles. The van der Waals surface area contributed by atoms with Gasteiger partial charge in [0.15, 0.2) is 5.06 Å². The van der Waals surface area contributed by atoms with Gasteiger partial charge in [0.05, 0.1) is 12.5 Å². The Morgan fingerprint density at radius 2 is 2.30 bits per heavy atom. The predicted molar refractivity (Wildman–Crippen MR) is 76.2 cm³/mol. The molecule has 20 heavy (non-hydrogen) atoms. The SMILES string of the molecule is Cc1ccc(OC[C@H]2CC(=O)N2CCCCC(=O)O)s1. The second kappa shape index (κ2) is 6.74. The van der Waals surface area contributed by atoms with Crippen LogP contribution in [0.15, 0.2) is 12.1 Å². The molecule has 1 atom stereocenters. The first-order valence-electron chi connectivity index (χ1n) is 6.77. The van der Waals surface area contributed by atoms with Crippen molar-refractivity contribution in [2.45, 2.75) is 38.6 Å². The summed E-state index contributed by atoms with van der Waals surface area (Å²) in [5, 5.41) is 9.45. The van der Waals surface area contributed by atoms with Crippen molar-refractivity contribution in [3.63, 3.8) is 0 Å². The third-order valence-electron chi connectivity index (χ3n) is 3.34. The average molecular weight is 297 g/mol. The summed E-state index contributed by atoms with van der Waals surface area (Å²) in [5.41, 5.74) is 0. The molecule has 1 aromatic rings. The van der Waals surface area contributed by atoms with Gasteiger partial charge >= 0.3 is 5.97 Å². The van der Waals surface area contributed by atoms with Gasteiger partial charge in [-0.2, -0.15) is 0 Å². The molecule has 0 spiro atoms. The van der Waals surface area contributed by atoms with E-state index in [2.05, 4.69) is 0 Å². The number of thiophene rings is 1. The van der Waals surface area contributed by atoms with E-state index < -0.39 is 5.97 Å². The van der Waals surface area contributed by atoms with E-state index in [1.54, 1.807) is 16.2 Å². The summed E-state index contributed by atoms with van der Waals surface area (Å²) in [4.78, 5) is 25.0. The summed E-state index contributed by atoms with van der Waals surface area (Å²) in [5.74, 6) is -0.649. The zero-order chi connectivity index (χ0) is 14.5. The van der Waals surface area contributed by atoms with Gasteiger partial charge in [-0.05, 0) is 31.9 Å². The van der Waals surface area contributed by atoms with Crippen molar-refractivity contribution in [1.82, 2.24) is 4.90 Å². The maximum atomic E-state index is 11.5. The van der Waals surface area contributed by atoms with Gasteiger partial charge in [-0.25, -0.2) is 0 Å². The van der Waals surface area contributed by atoms with Crippen molar-refractivity contribution < 1.29 is 19.4 Å². The second-order valence-corrected chi connectivity index (χ2v) is 6.22. The fourth-order valence-corrected chi connectivity index (χ4v) is 2.92. The fraction of sp³-hybridized carbons (Fsp3) is 0.571.